The van der Waals surface area contributed by atoms with Crippen LogP contribution in [0.5, 0.6) is 0 Å². The van der Waals surface area contributed by atoms with Crippen LogP contribution >= 0.6 is 0 Å². The van der Waals surface area contributed by atoms with Crippen LogP contribution in [0.3, 0.4) is 0 Å². The minimum absolute atomic E-state index is 0.799. The average Bonchev–Trinajstić information content (AvgIpc) is 2.28. The third kappa shape index (κ3) is 4.73. The molecule has 0 radical (unpaired) electrons. The van der Waals surface area contributed by atoms with Gasteiger partial charge in [-0.25, -0.2) is 8.78 Å². The Morgan fingerprint density at radius 2 is 1.12 bits per heavy atom. The first-order chi connectivity index (χ1) is 7.59. The van der Waals surface area contributed by atoms with E-state index in [9.17, 15) is 8.78 Å². The second-order valence-corrected chi connectivity index (χ2v) is 4.78. The molecule has 90 valence electrons. The molecular weight excluding hydrogens is 206 g/mol. The van der Waals surface area contributed by atoms with Gasteiger partial charge in [0.15, 0.2) is 11.6 Å². The molecule has 1 fully saturated rings. The first kappa shape index (κ1) is 13.1. The zero-order valence-corrected chi connectivity index (χ0v) is 10.0. The predicted octanol–water partition coefficient (Wildman–Crippen LogP) is 4.80. The topological polar surface area (TPSA) is 0 Å². The van der Waals surface area contributed by atoms with Crippen LogP contribution in [0.1, 0.15) is 39.5 Å². The molecule has 1 aromatic carbocycles. The third-order valence-electron chi connectivity index (χ3n) is 3.13. The standard InChI is InChI=1S/C8H16.C6H4F2/c1-7-3-5-8(2)6-4-7;7-5-3-1-2-4-6(5)8/h7-8H,3-6H2,1-2H3;1-4H. The number of rotatable bonds is 0. The van der Waals surface area contributed by atoms with Crippen molar-refractivity contribution in [3.63, 3.8) is 0 Å². The number of hydrogen-bond donors (Lipinski definition) is 0. The van der Waals surface area contributed by atoms with E-state index in [0.717, 1.165) is 24.0 Å². The molecule has 2 heteroatoms. The van der Waals surface area contributed by atoms with E-state index in [2.05, 4.69) is 13.8 Å². The molecule has 1 aliphatic rings. The van der Waals surface area contributed by atoms with Crippen molar-refractivity contribution in [1.82, 2.24) is 0 Å². The molecule has 1 aromatic rings. The van der Waals surface area contributed by atoms with E-state index in [1.54, 1.807) is 0 Å². The SMILES string of the molecule is CC1CCC(C)CC1.Fc1ccccc1F. The highest BCUT2D eigenvalue weighted by Gasteiger charge is 2.13. The molecule has 16 heavy (non-hydrogen) atoms. The molecule has 0 aliphatic heterocycles. The summed E-state index contributed by atoms with van der Waals surface area (Å²) < 4.78 is 23.9. The average molecular weight is 226 g/mol. The van der Waals surface area contributed by atoms with Gasteiger partial charge in [0.25, 0.3) is 0 Å². The quantitative estimate of drug-likeness (QED) is 0.596. The smallest absolute Gasteiger partial charge is 0.158 e. The summed E-state index contributed by atoms with van der Waals surface area (Å²) in [7, 11) is 0. The summed E-state index contributed by atoms with van der Waals surface area (Å²) in [6.07, 6.45) is 5.89. The van der Waals surface area contributed by atoms with Crippen LogP contribution in [0.4, 0.5) is 8.78 Å². The lowest BCUT2D eigenvalue weighted by molar-refractivity contribution is 0.308. The number of benzene rings is 1. The van der Waals surface area contributed by atoms with Gasteiger partial charge in [-0.05, 0) is 24.0 Å². The fourth-order valence-corrected chi connectivity index (χ4v) is 1.87. The third-order valence-corrected chi connectivity index (χ3v) is 3.13. The second kappa shape index (κ2) is 6.62. The van der Waals surface area contributed by atoms with Crippen LogP contribution < -0.4 is 0 Å². The summed E-state index contributed by atoms with van der Waals surface area (Å²) in [4.78, 5) is 0. The fourth-order valence-electron chi connectivity index (χ4n) is 1.87. The highest BCUT2D eigenvalue weighted by atomic mass is 19.2. The van der Waals surface area contributed by atoms with Crippen molar-refractivity contribution < 1.29 is 8.78 Å². The predicted molar refractivity (Wildman–Crippen MR) is 63.2 cm³/mol. The van der Waals surface area contributed by atoms with Crippen molar-refractivity contribution in [2.24, 2.45) is 11.8 Å². The lowest BCUT2D eigenvalue weighted by Crippen LogP contribution is -2.08. The Morgan fingerprint density at radius 1 is 0.812 bits per heavy atom. The van der Waals surface area contributed by atoms with E-state index in [1.807, 2.05) is 0 Å². The lowest BCUT2D eigenvalue weighted by Gasteiger charge is -2.22. The molecule has 0 atom stereocenters. The van der Waals surface area contributed by atoms with E-state index in [0.29, 0.717) is 0 Å². The molecule has 0 nitrogen and oxygen atoms in total. The van der Waals surface area contributed by atoms with Gasteiger partial charge in [-0.1, -0.05) is 51.7 Å². The molecule has 0 unspecified atom stereocenters. The van der Waals surface area contributed by atoms with E-state index in [-0.39, 0.29) is 0 Å². The molecule has 0 heterocycles. The monoisotopic (exact) mass is 226 g/mol. The highest BCUT2D eigenvalue weighted by molar-refractivity contribution is 5.05. The van der Waals surface area contributed by atoms with Crippen molar-refractivity contribution >= 4 is 0 Å². The maximum Gasteiger partial charge on any atom is 0.158 e. The zero-order valence-electron chi connectivity index (χ0n) is 10.0. The van der Waals surface area contributed by atoms with Crippen LogP contribution in [0.15, 0.2) is 24.3 Å². The molecule has 0 N–H and O–H groups in total. The summed E-state index contributed by atoms with van der Waals surface area (Å²) in [5, 5.41) is 0. The Labute approximate surface area is 96.7 Å². The largest absolute Gasteiger partial charge is 0.204 e. The van der Waals surface area contributed by atoms with Crippen LogP contribution in [-0.2, 0) is 0 Å². The molecule has 1 aliphatic carbocycles. The van der Waals surface area contributed by atoms with Crippen molar-refractivity contribution in [2.45, 2.75) is 39.5 Å². The van der Waals surface area contributed by atoms with Crippen molar-refractivity contribution in [3.05, 3.63) is 35.9 Å². The molecule has 0 saturated heterocycles. The van der Waals surface area contributed by atoms with Crippen LogP contribution in [-0.4, -0.2) is 0 Å². The zero-order chi connectivity index (χ0) is 12.0. The van der Waals surface area contributed by atoms with Gasteiger partial charge in [-0.15, -0.1) is 0 Å². The summed E-state index contributed by atoms with van der Waals surface area (Å²) in [6, 6.07) is 5.04. The molecule has 0 bridgehead atoms. The van der Waals surface area contributed by atoms with Crippen molar-refractivity contribution in [2.75, 3.05) is 0 Å². The Kier molecular flexibility index (Phi) is 5.44. The Bertz CT molecular complexity index is 270. The molecule has 2 rings (SSSR count). The number of halogens is 2. The van der Waals surface area contributed by atoms with Gasteiger partial charge in [0, 0.05) is 0 Å². The Balaban J connectivity index is 0.000000160. The number of hydrogen-bond acceptors (Lipinski definition) is 0. The molecule has 0 spiro atoms. The van der Waals surface area contributed by atoms with E-state index < -0.39 is 11.6 Å². The van der Waals surface area contributed by atoms with Crippen LogP contribution in [0.25, 0.3) is 0 Å². The first-order valence-electron chi connectivity index (χ1n) is 5.99. The van der Waals surface area contributed by atoms with Gasteiger partial charge in [-0.3, -0.25) is 0 Å². The molecule has 0 amide bonds. The van der Waals surface area contributed by atoms with Crippen molar-refractivity contribution in [3.8, 4) is 0 Å². The summed E-state index contributed by atoms with van der Waals surface area (Å²) >= 11 is 0. The lowest BCUT2D eigenvalue weighted by atomic mass is 9.84. The molecule has 0 aromatic heterocycles. The van der Waals surface area contributed by atoms with Crippen molar-refractivity contribution in [1.29, 1.82) is 0 Å². The van der Waals surface area contributed by atoms with Gasteiger partial charge in [0.1, 0.15) is 0 Å². The summed E-state index contributed by atoms with van der Waals surface area (Å²) in [5.74, 6) is 0.442. The Morgan fingerprint density at radius 3 is 1.38 bits per heavy atom. The molecular formula is C14H20F2. The van der Waals surface area contributed by atoms with Gasteiger partial charge >= 0.3 is 0 Å². The molecule has 1 saturated carbocycles. The minimum atomic E-state index is -0.799. The van der Waals surface area contributed by atoms with Crippen LogP contribution in [0.2, 0.25) is 0 Å². The first-order valence-corrected chi connectivity index (χ1v) is 5.99. The maximum atomic E-state index is 11.9. The summed E-state index contributed by atoms with van der Waals surface area (Å²) in [5.41, 5.74) is 0. The summed E-state index contributed by atoms with van der Waals surface area (Å²) in [6.45, 7) is 4.73. The minimum Gasteiger partial charge on any atom is -0.204 e. The van der Waals surface area contributed by atoms with Gasteiger partial charge < -0.3 is 0 Å². The highest BCUT2D eigenvalue weighted by Crippen LogP contribution is 2.27. The van der Waals surface area contributed by atoms with Gasteiger partial charge in [0.05, 0.1) is 0 Å². The van der Waals surface area contributed by atoms with E-state index in [4.69, 9.17) is 0 Å². The second-order valence-electron chi connectivity index (χ2n) is 4.78. The normalized spacial score (nSPS) is 24.5. The Hall–Kier alpha value is -0.920. The van der Waals surface area contributed by atoms with Crippen LogP contribution in [0, 0.1) is 23.5 Å². The maximum absolute atomic E-state index is 11.9. The van der Waals surface area contributed by atoms with E-state index >= 15 is 0 Å². The van der Waals surface area contributed by atoms with E-state index in [1.165, 1.54) is 37.8 Å². The van der Waals surface area contributed by atoms with Gasteiger partial charge in [-0.2, -0.15) is 0 Å². The van der Waals surface area contributed by atoms with Gasteiger partial charge in [0.2, 0.25) is 0 Å². The fraction of sp³-hybridized carbons (Fsp3) is 0.571.